The van der Waals surface area contributed by atoms with Crippen LogP contribution in [0.3, 0.4) is 0 Å². The molecule has 0 aliphatic rings. The van der Waals surface area contributed by atoms with Crippen molar-refractivity contribution in [2.24, 2.45) is 0 Å². The molecule has 0 saturated carbocycles. The van der Waals surface area contributed by atoms with Crippen LogP contribution in [0.5, 0.6) is 5.75 Å². The Morgan fingerprint density at radius 1 is 1.30 bits per heavy atom. The zero-order valence-electron chi connectivity index (χ0n) is 11.2. The summed E-state index contributed by atoms with van der Waals surface area (Å²) < 4.78 is 32.8. The number of benzene rings is 1. The van der Waals surface area contributed by atoms with Gasteiger partial charge in [0.05, 0.1) is 13.3 Å². The van der Waals surface area contributed by atoms with Gasteiger partial charge in [-0.3, -0.25) is 9.48 Å². The smallest absolute Gasteiger partial charge is 0.189 e. The van der Waals surface area contributed by atoms with Gasteiger partial charge in [-0.2, -0.15) is 5.10 Å². The van der Waals surface area contributed by atoms with Crippen LogP contribution in [0.4, 0.5) is 8.78 Å². The van der Waals surface area contributed by atoms with Crippen LogP contribution in [-0.2, 0) is 13.0 Å². The molecule has 106 valence electrons. The second kappa shape index (κ2) is 5.81. The maximum Gasteiger partial charge on any atom is 0.189 e. The van der Waals surface area contributed by atoms with E-state index in [1.54, 1.807) is 0 Å². The average molecular weight is 280 g/mol. The molecule has 0 saturated heterocycles. The van der Waals surface area contributed by atoms with Gasteiger partial charge in [-0.1, -0.05) is 0 Å². The lowest BCUT2D eigenvalue weighted by Gasteiger charge is -2.07. The average Bonchev–Trinajstić information content (AvgIpc) is 2.80. The summed E-state index contributed by atoms with van der Waals surface area (Å²) in [7, 11) is 1.44. The molecule has 0 radical (unpaired) electrons. The molecule has 20 heavy (non-hydrogen) atoms. The SMILES string of the molecule is CCn1ncc(OC)c1C(=O)Cc1cc(F)cc(F)c1. The van der Waals surface area contributed by atoms with Gasteiger partial charge in [0, 0.05) is 19.0 Å². The Morgan fingerprint density at radius 2 is 1.95 bits per heavy atom. The predicted molar refractivity (Wildman–Crippen MR) is 68.8 cm³/mol. The number of aryl methyl sites for hydroxylation is 1. The monoisotopic (exact) mass is 280 g/mol. The minimum absolute atomic E-state index is 0.114. The van der Waals surface area contributed by atoms with Crippen LogP contribution in [0, 0.1) is 11.6 Å². The molecule has 1 heterocycles. The number of ether oxygens (including phenoxy) is 1. The second-order valence-corrected chi connectivity index (χ2v) is 4.25. The van der Waals surface area contributed by atoms with Crippen molar-refractivity contribution >= 4 is 5.78 Å². The van der Waals surface area contributed by atoms with Gasteiger partial charge in [0.1, 0.15) is 17.3 Å². The topological polar surface area (TPSA) is 44.1 Å². The van der Waals surface area contributed by atoms with E-state index in [9.17, 15) is 13.6 Å². The predicted octanol–water partition coefficient (Wildman–Crippen LogP) is 2.62. The van der Waals surface area contributed by atoms with E-state index in [0.29, 0.717) is 18.0 Å². The minimum Gasteiger partial charge on any atom is -0.493 e. The number of hydrogen-bond acceptors (Lipinski definition) is 3. The molecule has 2 aromatic rings. The van der Waals surface area contributed by atoms with Crippen LogP contribution in [0.2, 0.25) is 0 Å². The molecule has 4 nitrogen and oxygen atoms in total. The van der Waals surface area contributed by atoms with Crippen LogP contribution in [-0.4, -0.2) is 22.7 Å². The van der Waals surface area contributed by atoms with Crippen molar-refractivity contribution in [2.45, 2.75) is 19.9 Å². The standard InChI is InChI=1S/C14H14F2N2O2/c1-3-18-14(13(20-2)8-17-18)12(19)6-9-4-10(15)7-11(16)5-9/h4-5,7-8H,3,6H2,1-2H3. The number of ketones is 1. The van der Waals surface area contributed by atoms with E-state index in [2.05, 4.69) is 5.10 Å². The normalized spacial score (nSPS) is 10.6. The minimum atomic E-state index is -0.705. The van der Waals surface area contributed by atoms with Crippen molar-refractivity contribution in [1.82, 2.24) is 9.78 Å². The van der Waals surface area contributed by atoms with E-state index in [4.69, 9.17) is 4.74 Å². The highest BCUT2D eigenvalue weighted by molar-refractivity contribution is 5.98. The van der Waals surface area contributed by atoms with Crippen LogP contribution in [0.25, 0.3) is 0 Å². The van der Waals surface area contributed by atoms with E-state index in [-0.39, 0.29) is 17.8 Å². The van der Waals surface area contributed by atoms with Gasteiger partial charge in [-0.25, -0.2) is 8.78 Å². The Bertz CT molecular complexity index is 596. The lowest BCUT2D eigenvalue weighted by atomic mass is 10.1. The van der Waals surface area contributed by atoms with Gasteiger partial charge >= 0.3 is 0 Å². The number of hydrogen-bond donors (Lipinski definition) is 0. The van der Waals surface area contributed by atoms with Gasteiger partial charge < -0.3 is 4.74 Å². The highest BCUT2D eigenvalue weighted by atomic mass is 19.1. The number of carbonyl (C=O) groups is 1. The number of carbonyl (C=O) groups excluding carboxylic acids is 1. The van der Waals surface area contributed by atoms with Crippen LogP contribution >= 0.6 is 0 Å². The maximum atomic E-state index is 13.1. The third kappa shape index (κ3) is 2.84. The molecule has 1 aromatic heterocycles. The largest absolute Gasteiger partial charge is 0.493 e. The van der Waals surface area contributed by atoms with Crippen molar-refractivity contribution in [2.75, 3.05) is 7.11 Å². The number of methoxy groups -OCH3 is 1. The molecule has 0 aliphatic heterocycles. The van der Waals surface area contributed by atoms with Crippen LogP contribution < -0.4 is 4.74 Å². The number of Topliss-reactive ketones (excluding diaryl/α,β-unsaturated/α-hetero) is 1. The summed E-state index contributed by atoms with van der Waals surface area (Å²) in [6.07, 6.45) is 1.33. The molecular weight excluding hydrogens is 266 g/mol. The third-order valence-corrected chi connectivity index (χ3v) is 2.88. The van der Waals surface area contributed by atoms with Gasteiger partial charge in [0.2, 0.25) is 0 Å². The van der Waals surface area contributed by atoms with Gasteiger partial charge in [-0.05, 0) is 24.6 Å². The first-order chi connectivity index (χ1) is 9.55. The molecule has 0 fully saturated rings. The molecule has 0 atom stereocenters. The van der Waals surface area contributed by atoms with Gasteiger partial charge in [0.15, 0.2) is 11.5 Å². The number of halogens is 2. The number of aromatic nitrogens is 2. The third-order valence-electron chi connectivity index (χ3n) is 2.88. The van der Waals surface area contributed by atoms with Crippen molar-refractivity contribution in [3.05, 3.63) is 47.3 Å². The molecule has 0 N–H and O–H groups in total. The van der Waals surface area contributed by atoms with Crippen molar-refractivity contribution < 1.29 is 18.3 Å². The lowest BCUT2D eigenvalue weighted by Crippen LogP contribution is -2.13. The lowest BCUT2D eigenvalue weighted by molar-refractivity contribution is 0.0979. The Balaban J connectivity index is 2.30. The molecule has 0 unspecified atom stereocenters. The fraction of sp³-hybridized carbons (Fsp3) is 0.286. The van der Waals surface area contributed by atoms with Crippen molar-refractivity contribution in [3.63, 3.8) is 0 Å². The summed E-state index contributed by atoms with van der Waals surface area (Å²) in [6, 6.07) is 3.05. The number of rotatable bonds is 5. The van der Waals surface area contributed by atoms with Gasteiger partial charge in [-0.15, -0.1) is 0 Å². The zero-order valence-corrected chi connectivity index (χ0v) is 11.2. The van der Waals surface area contributed by atoms with E-state index in [1.165, 1.54) is 18.0 Å². The first-order valence-corrected chi connectivity index (χ1v) is 6.13. The van der Waals surface area contributed by atoms with E-state index < -0.39 is 11.6 Å². The molecule has 0 spiro atoms. The summed E-state index contributed by atoms with van der Waals surface area (Å²) in [5, 5.41) is 4.03. The van der Waals surface area contributed by atoms with Crippen molar-refractivity contribution in [1.29, 1.82) is 0 Å². The Labute approximate surface area is 115 Å². The summed E-state index contributed by atoms with van der Waals surface area (Å²) >= 11 is 0. The van der Waals surface area contributed by atoms with Crippen LogP contribution in [0.1, 0.15) is 23.0 Å². The highest BCUT2D eigenvalue weighted by Crippen LogP contribution is 2.20. The van der Waals surface area contributed by atoms with Gasteiger partial charge in [0.25, 0.3) is 0 Å². The molecule has 0 amide bonds. The van der Waals surface area contributed by atoms with E-state index in [1.807, 2.05) is 6.92 Å². The fourth-order valence-corrected chi connectivity index (χ4v) is 2.02. The molecule has 6 heteroatoms. The first kappa shape index (κ1) is 14.2. The zero-order chi connectivity index (χ0) is 14.7. The molecular formula is C14H14F2N2O2. The van der Waals surface area contributed by atoms with E-state index >= 15 is 0 Å². The second-order valence-electron chi connectivity index (χ2n) is 4.25. The first-order valence-electron chi connectivity index (χ1n) is 6.13. The Kier molecular flexibility index (Phi) is 4.12. The summed E-state index contributed by atoms with van der Waals surface area (Å²) in [5.41, 5.74) is 0.582. The number of nitrogens with zero attached hydrogens (tertiary/aromatic N) is 2. The Morgan fingerprint density at radius 3 is 2.50 bits per heavy atom. The van der Waals surface area contributed by atoms with E-state index in [0.717, 1.165) is 18.2 Å². The summed E-state index contributed by atoms with van der Waals surface area (Å²) in [5.74, 6) is -1.35. The Hall–Kier alpha value is -2.24. The molecule has 0 bridgehead atoms. The van der Waals surface area contributed by atoms with Crippen molar-refractivity contribution in [3.8, 4) is 5.75 Å². The summed E-state index contributed by atoms with van der Waals surface area (Å²) in [4.78, 5) is 12.3. The fourth-order valence-electron chi connectivity index (χ4n) is 2.02. The summed E-state index contributed by atoms with van der Waals surface area (Å²) in [6.45, 7) is 2.34. The molecule has 1 aromatic carbocycles. The highest BCUT2D eigenvalue weighted by Gasteiger charge is 2.19. The maximum absolute atomic E-state index is 13.1. The molecule has 0 aliphatic carbocycles. The van der Waals surface area contributed by atoms with Crippen LogP contribution in [0.15, 0.2) is 24.4 Å². The molecule has 2 rings (SSSR count). The quantitative estimate of drug-likeness (QED) is 0.791.